The van der Waals surface area contributed by atoms with Crippen molar-refractivity contribution < 1.29 is 14.3 Å². The second-order valence-corrected chi connectivity index (χ2v) is 8.87. The van der Waals surface area contributed by atoms with Crippen LogP contribution < -0.4 is 4.74 Å². The SMILES string of the molecule is CCOc1nc2c(n1C1CC3CCC(C1)N3C(=O)OC(C)(C)C)C=CCC2. The third-order valence-corrected chi connectivity index (χ3v) is 5.77. The molecule has 0 N–H and O–H groups in total. The van der Waals surface area contributed by atoms with Crippen molar-refractivity contribution in [2.45, 2.75) is 89.9 Å². The van der Waals surface area contributed by atoms with Crippen LogP contribution in [-0.2, 0) is 11.2 Å². The first-order valence-corrected chi connectivity index (χ1v) is 10.3. The number of aromatic nitrogens is 2. The second-order valence-electron chi connectivity index (χ2n) is 8.87. The molecule has 148 valence electrons. The van der Waals surface area contributed by atoms with Gasteiger partial charge in [0.1, 0.15) is 5.60 Å². The zero-order valence-electron chi connectivity index (χ0n) is 16.9. The molecular formula is C21H31N3O3. The van der Waals surface area contributed by atoms with Gasteiger partial charge in [-0.1, -0.05) is 6.08 Å². The molecule has 3 aliphatic rings. The highest BCUT2D eigenvalue weighted by Gasteiger charge is 2.46. The molecule has 2 aliphatic heterocycles. The maximum Gasteiger partial charge on any atom is 0.410 e. The summed E-state index contributed by atoms with van der Waals surface area (Å²) in [5.41, 5.74) is 1.88. The molecule has 0 saturated carbocycles. The molecule has 2 bridgehead atoms. The van der Waals surface area contributed by atoms with Crippen molar-refractivity contribution in [1.29, 1.82) is 0 Å². The van der Waals surface area contributed by atoms with Crippen molar-refractivity contribution in [3.8, 4) is 6.01 Å². The Kier molecular flexibility index (Phi) is 4.68. The van der Waals surface area contributed by atoms with E-state index in [1.165, 1.54) is 5.69 Å². The predicted molar refractivity (Wildman–Crippen MR) is 104 cm³/mol. The zero-order valence-corrected chi connectivity index (χ0v) is 16.9. The fourth-order valence-electron chi connectivity index (χ4n) is 4.80. The summed E-state index contributed by atoms with van der Waals surface area (Å²) >= 11 is 0. The molecule has 2 atom stereocenters. The van der Waals surface area contributed by atoms with Gasteiger partial charge in [-0.3, -0.25) is 4.57 Å². The van der Waals surface area contributed by atoms with Gasteiger partial charge in [-0.15, -0.1) is 0 Å². The van der Waals surface area contributed by atoms with Crippen LogP contribution in [0.3, 0.4) is 0 Å². The number of fused-ring (bicyclic) bond motifs is 3. The van der Waals surface area contributed by atoms with E-state index in [1.807, 2.05) is 32.6 Å². The van der Waals surface area contributed by atoms with E-state index < -0.39 is 5.60 Å². The minimum atomic E-state index is -0.455. The molecule has 4 rings (SSSR count). The van der Waals surface area contributed by atoms with Gasteiger partial charge in [0, 0.05) is 18.1 Å². The van der Waals surface area contributed by atoms with Gasteiger partial charge < -0.3 is 14.4 Å². The standard InChI is InChI=1S/C21H31N3O3/c1-5-26-19-22-17-8-6-7-9-18(17)24(19)16-12-14-10-11-15(13-16)23(14)20(25)27-21(2,3)4/h7,9,14-16H,5-6,8,10-13H2,1-4H3. The molecule has 1 aliphatic carbocycles. The topological polar surface area (TPSA) is 56.6 Å². The highest BCUT2D eigenvalue weighted by atomic mass is 16.6. The van der Waals surface area contributed by atoms with E-state index in [2.05, 4.69) is 16.7 Å². The molecule has 6 heteroatoms. The number of amides is 1. The third kappa shape index (κ3) is 3.46. The number of ether oxygens (including phenoxy) is 2. The largest absolute Gasteiger partial charge is 0.465 e. The van der Waals surface area contributed by atoms with Crippen LogP contribution in [-0.4, -0.2) is 44.8 Å². The number of rotatable bonds is 3. The normalized spacial score (nSPS) is 26.8. The lowest BCUT2D eigenvalue weighted by Crippen LogP contribution is -2.48. The van der Waals surface area contributed by atoms with Crippen LogP contribution in [0.4, 0.5) is 4.79 Å². The Morgan fingerprint density at radius 1 is 1.22 bits per heavy atom. The Labute approximate surface area is 161 Å². The number of aryl methyl sites for hydroxylation is 1. The minimum Gasteiger partial charge on any atom is -0.465 e. The van der Waals surface area contributed by atoms with Crippen LogP contribution in [0, 0.1) is 0 Å². The van der Waals surface area contributed by atoms with Gasteiger partial charge in [0.25, 0.3) is 6.01 Å². The summed E-state index contributed by atoms with van der Waals surface area (Å²) in [4.78, 5) is 19.5. The molecule has 2 unspecified atom stereocenters. The molecule has 0 spiro atoms. The van der Waals surface area contributed by atoms with E-state index in [0.29, 0.717) is 12.6 Å². The summed E-state index contributed by atoms with van der Waals surface area (Å²) < 4.78 is 13.9. The van der Waals surface area contributed by atoms with Gasteiger partial charge in [0.2, 0.25) is 0 Å². The summed E-state index contributed by atoms with van der Waals surface area (Å²) in [5.74, 6) is 0. The van der Waals surface area contributed by atoms with Crippen molar-refractivity contribution in [2.24, 2.45) is 0 Å². The van der Waals surface area contributed by atoms with E-state index in [-0.39, 0.29) is 18.2 Å². The fraction of sp³-hybridized carbons (Fsp3) is 0.714. The lowest BCUT2D eigenvalue weighted by Gasteiger charge is -2.40. The average molecular weight is 373 g/mol. The summed E-state index contributed by atoms with van der Waals surface area (Å²) in [6.45, 7) is 8.40. The molecule has 2 fully saturated rings. The number of hydrogen-bond donors (Lipinski definition) is 0. The first-order valence-electron chi connectivity index (χ1n) is 10.3. The van der Waals surface area contributed by atoms with Crippen molar-refractivity contribution in [2.75, 3.05) is 6.61 Å². The van der Waals surface area contributed by atoms with E-state index >= 15 is 0 Å². The molecule has 0 radical (unpaired) electrons. The molecule has 0 aromatic carbocycles. The van der Waals surface area contributed by atoms with Gasteiger partial charge >= 0.3 is 6.09 Å². The molecular weight excluding hydrogens is 342 g/mol. The van der Waals surface area contributed by atoms with E-state index in [9.17, 15) is 4.79 Å². The van der Waals surface area contributed by atoms with E-state index in [4.69, 9.17) is 14.5 Å². The number of piperidine rings is 1. The van der Waals surface area contributed by atoms with Crippen LogP contribution in [0.15, 0.2) is 6.08 Å². The van der Waals surface area contributed by atoms with Crippen LogP contribution in [0.2, 0.25) is 0 Å². The minimum absolute atomic E-state index is 0.161. The fourth-order valence-corrected chi connectivity index (χ4v) is 4.80. The maximum absolute atomic E-state index is 12.7. The van der Waals surface area contributed by atoms with Crippen LogP contribution in [0.1, 0.15) is 77.2 Å². The summed E-state index contributed by atoms with van der Waals surface area (Å²) in [7, 11) is 0. The molecule has 2 saturated heterocycles. The second kappa shape index (κ2) is 6.88. The number of carbonyl (C=O) groups excluding carboxylic acids is 1. The number of nitrogens with zero attached hydrogens (tertiary/aromatic N) is 3. The highest BCUT2D eigenvalue weighted by Crippen LogP contribution is 2.44. The Morgan fingerprint density at radius 2 is 1.93 bits per heavy atom. The Hall–Kier alpha value is -1.98. The first kappa shape index (κ1) is 18.4. The molecule has 3 heterocycles. The summed E-state index contributed by atoms with van der Waals surface area (Å²) in [5, 5.41) is 0. The smallest absolute Gasteiger partial charge is 0.410 e. The van der Waals surface area contributed by atoms with Crippen LogP contribution >= 0.6 is 0 Å². The Bertz CT molecular complexity index is 733. The molecule has 6 nitrogen and oxygen atoms in total. The first-order chi connectivity index (χ1) is 12.9. The highest BCUT2D eigenvalue weighted by molar-refractivity contribution is 5.69. The average Bonchev–Trinajstić information content (AvgIpc) is 3.08. The quantitative estimate of drug-likeness (QED) is 0.791. The van der Waals surface area contributed by atoms with Gasteiger partial charge in [0.15, 0.2) is 0 Å². The summed E-state index contributed by atoms with van der Waals surface area (Å²) in [6, 6.07) is 1.54. The van der Waals surface area contributed by atoms with Gasteiger partial charge in [-0.05, 0) is 72.3 Å². The molecule has 1 aromatic heterocycles. The molecule has 1 amide bonds. The van der Waals surface area contributed by atoms with Gasteiger partial charge in [0.05, 0.1) is 18.0 Å². The number of carbonyl (C=O) groups is 1. The Balaban J connectivity index is 1.58. The lowest BCUT2D eigenvalue weighted by molar-refractivity contribution is 0.00256. The Morgan fingerprint density at radius 3 is 2.56 bits per heavy atom. The van der Waals surface area contributed by atoms with Crippen LogP contribution in [0.25, 0.3) is 6.08 Å². The number of hydrogen-bond acceptors (Lipinski definition) is 4. The lowest BCUT2D eigenvalue weighted by atomic mass is 9.96. The van der Waals surface area contributed by atoms with Crippen molar-refractivity contribution in [3.63, 3.8) is 0 Å². The van der Waals surface area contributed by atoms with Gasteiger partial charge in [-0.2, -0.15) is 4.98 Å². The molecule has 1 aromatic rings. The monoisotopic (exact) mass is 373 g/mol. The molecule has 27 heavy (non-hydrogen) atoms. The number of imidazole rings is 1. The van der Waals surface area contributed by atoms with Crippen molar-refractivity contribution >= 4 is 12.2 Å². The van der Waals surface area contributed by atoms with Gasteiger partial charge in [-0.25, -0.2) is 4.79 Å². The number of allylic oxidation sites excluding steroid dienone is 1. The van der Waals surface area contributed by atoms with Crippen molar-refractivity contribution in [3.05, 3.63) is 17.5 Å². The van der Waals surface area contributed by atoms with Crippen molar-refractivity contribution in [1.82, 2.24) is 14.5 Å². The zero-order chi connectivity index (χ0) is 19.2. The van der Waals surface area contributed by atoms with E-state index in [1.54, 1.807) is 0 Å². The van der Waals surface area contributed by atoms with Crippen LogP contribution in [0.5, 0.6) is 6.01 Å². The maximum atomic E-state index is 12.7. The summed E-state index contributed by atoms with van der Waals surface area (Å²) in [6.07, 6.45) is 10.2. The van der Waals surface area contributed by atoms with E-state index in [0.717, 1.165) is 50.2 Å². The third-order valence-electron chi connectivity index (χ3n) is 5.77. The predicted octanol–water partition coefficient (Wildman–Crippen LogP) is 4.34.